The Labute approximate surface area is 107 Å². The van der Waals surface area contributed by atoms with Gasteiger partial charge in [0.25, 0.3) is 0 Å². The van der Waals surface area contributed by atoms with Gasteiger partial charge in [-0.2, -0.15) is 5.26 Å². The lowest BCUT2D eigenvalue weighted by molar-refractivity contribution is -0.125. The highest BCUT2D eigenvalue weighted by atomic mass is 16.1. The Morgan fingerprint density at radius 3 is 2.83 bits per heavy atom. The summed E-state index contributed by atoms with van der Waals surface area (Å²) < 4.78 is 0. The average Bonchev–Trinajstić information content (AvgIpc) is 2.72. The number of anilines is 1. The molecule has 4 nitrogen and oxygen atoms in total. The van der Waals surface area contributed by atoms with Crippen LogP contribution in [-0.2, 0) is 4.79 Å². The van der Waals surface area contributed by atoms with Gasteiger partial charge in [-0.3, -0.25) is 4.79 Å². The molecular weight excluding hydrogens is 226 g/mol. The van der Waals surface area contributed by atoms with Crippen LogP contribution in [0.3, 0.4) is 0 Å². The first kappa shape index (κ1) is 12.4. The molecule has 0 saturated carbocycles. The minimum absolute atomic E-state index is 0.267. The van der Waals surface area contributed by atoms with Crippen molar-refractivity contribution in [2.45, 2.75) is 20.3 Å². The van der Waals surface area contributed by atoms with E-state index in [0.29, 0.717) is 12.1 Å². The topological polar surface area (TPSA) is 70.1 Å². The molecule has 94 valence electrons. The van der Waals surface area contributed by atoms with Crippen molar-refractivity contribution in [2.75, 3.05) is 18.0 Å². The molecule has 0 aliphatic carbocycles. The van der Waals surface area contributed by atoms with Gasteiger partial charge in [0.05, 0.1) is 16.7 Å². The predicted molar refractivity (Wildman–Crippen MR) is 70.0 cm³/mol. The van der Waals surface area contributed by atoms with Crippen molar-refractivity contribution in [1.29, 1.82) is 5.26 Å². The number of primary amides is 1. The van der Waals surface area contributed by atoms with Gasteiger partial charge in [0.1, 0.15) is 6.07 Å². The summed E-state index contributed by atoms with van der Waals surface area (Å²) in [5.41, 5.74) is 7.61. The van der Waals surface area contributed by atoms with E-state index in [1.165, 1.54) is 0 Å². The number of amides is 1. The lowest BCUT2D eigenvalue weighted by Crippen LogP contribution is -2.37. The van der Waals surface area contributed by atoms with Crippen molar-refractivity contribution in [1.82, 2.24) is 0 Å². The highest BCUT2D eigenvalue weighted by Crippen LogP contribution is 2.35. The van der Waals surface area contributed by atoms with Gasteiger partial charge in [-0.15, -0.1) is 0 Å². The number of benzene rings is 1. The number of hydrogen-bond acceptors (Lipinski definition) is 3. The Hall–Kier alpha value is -2.02. The van der Waals surface area contributed by atoms with Crippen LogP contribution >= 0.6 is 0 Å². The molecule has 4 heteroatoms. The Balaban J connectivity index is 2.36. The zero-order valence-corrected chi connectivity index (χ0v) is 10.7. The maximum Gasteiger partial charge on any atom is 0.225 e. The van der Waals surface area contributed by atoms with Crippen LogP contribution in [0.2, 0.25) is 0 Å². The summed E-state index contributed by atoms with van der Waals surface area (Å²) in [6, 6.07) is 7.88. The van der Waals surface area contributed by atoms with E-state index in [1.807, 2.05) is 32.0 Å². The summed E-state index contributed by atoms with van der Waals surface area (Å²) in [5, 5.41) is 9.17. The second-order valence-corrected chi connectivity index (χ2v) is 5.18. The van der Waals surface area contributed by atoms with Crippen molar-refractivity contribution >= 4 is 11.6 Å². The second-order valence-electron chi connectivity index (χ2n) is 5.18. The van der Waals surface area contributed by atoms with Crippen molar-refractivity contribution in [2.24, 2.45) is 11.1 Å². The quantitative estimate of drug-likeness (QED) is 0.857. The SMILES string of the molecule is Cc1cccc(C#N)c1N1CCC(C)(C(N)=O)C1. The minimum Gasteiger partial charge on any atom is -0.369 e. The maximum atomic E-state index is 11.5. The molecule has 2 N–H and O–H groups in total. The lowest BCUT2D eigenvalue weighted by atomic mass is 9.89. The number of para-hydroxylation sites is 1. The summed E-state index contributed by atoms with van der Waals surface area (Å²) in [6.07, 6.45) is 0.738. The molecule has 1 amide bonds. The third-order valence-electron chi connectivity index (χ3n) is 3.74. The Bertz CT molecular complexity index is 532. The van der Waals surface area contributed by atoms with Crippen molar-refractivity contribution in [3.63, 3.8) is 0 Å². The van der Waals surface area contributed by atoms with E-state index < -0.39 is 5.41 Å². The number of carbonyl (C=O) groups is 1. The van der Waals surface area contributed by atoms with E-state index >= 15 is 0 Å². The first-order chi connectivity index (χ1) is 8.48. The van der Waals surface area contributed by atoms with Gasteiger partial charge in [-0.05, 0) is 31.9 Å². The molecule has 1 unspecified atom stereocenters. The Morgan fingerprint density at radius 1 is 1.56 bits per heavy atom. The van der Waals surface area contributed by atoms with E-state index in [9.17, 15) is 10.1 Å². The molecule has 1 saturated heterocycles. The van der Waals surface area contributed by atoms with Crippen LogP contribution in [-0.4, -0.2) is 19.0 Å². The second kappa shape index (κ2) is 4.34. The molecule has 1 aliphatic heterocycles. The normalized spacial score (nSPS) is 22.8. The van der Waals surface area contributed by atoms with Crippen LogP contribution in [0.5, 0.6) is 0 Å². The first-order valence-corrected chi connectivity index (χ1v) is 6.02. The highest BCUT2D eigenvalue weighted by molar-refractivity contribution is 5.82. The Morgan fingerprint density at radius 2 is 2.28 bits per heavy atom. The number of aryl methyl sites for hydroxylation is 1. The van der Waals surface area contributed by atoms with Crippen LogP contribution in [0.25, 0.3) is 0 Å². The average molecular weight is 243 g/mol. The summed E-state index contributed by atoms with van der Waals surface area (Å²) >= 11 is 0. The van der Waals surface area contributed by atoms with Crippen molar-refractivity contribution in [3.8, 4) is 6.07 Å². The molecule has 1 aliphatic rings. The van der Waals surface area contributed by atoms with Crippen LogP contribution in [0.15, 0.2) is 18.2 Å². The zero-order chi connectivity index (χ0) is 13.3. The summed E-state index contributed by atoms with van der Waals surface area (Å²) in [7, 11) is 0. The van der Waals surface area contributed by atoms with Crippen LogP contribution < -0.4 is 10.6 Å². The number of rotatable bonds is 2. The van der Waals surface area contributed by atoms with E-state index in [4.69, 9.17) is 5.73 Å². The van der Waals surface area contributed by atoms with Crippen molar-refractivity contribution < 1.29 is 4.79 Å². The lowest BCUT2D eigenvalue weighted by Gasteiger charge is -2.24. The predicted octanol–water partition coefficient (Wildman–Crippen LogP) is 1.57. The van der Waals surface area contributed by atoms with Crippen molar-refractivity contribution in [3.05, 3.63) is 29.3 Å². The summed E-state index contributed by atoms with van der Waals surface area (Å²) in [6.45, 7) is 5.22. The summed E-state index contributed by atoms with van der Waals surface area (Å²) in [4.78, 5) is 13.6. The fraction of sp³-hybridized carbons (Fsp3) is 0.429. The van der Waals surface area contributed by atoms with E-state index in [-0.39, 0.29) is 5.91 Å². The van der Waals surface area contributed by atoms with Gasteiger partial charge in [0.2, 0.25) is 5.91 Å². The van der Waals surface area contributed by atoms with Crippen LogP contribution in [0.1, 0.15) is 24.5 Å². The standard InChI is InChI=1S/C14H17N3O/c1-10-4-3-5-11(8-15)12(10)17-7-6-14(2,9-17)13(16)18/h3-5H,6-7,9H2,1-2H3,(H2,16,18). The fourth-order valence-electron chi connectivity index (χ4n) is 2.52. The molecule has 1 heterocycles. The molecule has 0 spiro atoms. The number of carbonyl (C=O) groups excluding carboxylic acids is 1. The zero-order valence-electron chi connectivity index (χ0n) is 10.7. The molecule has 0 radical (unpaired) electrons. The molecule has 1 atom stereocenters. The third-order valence-corrected chi connectivity index (χ3v) is 3.74. The van der Waals surface area contributed by atoms with Gasteiger partial charge in [0, 0.05) is 13.1 Å². The maximum absolute atomic E-state index is 11.5. The minimum atomic E-state index is -0.491. The van der Waals surface area contributed by atoms with Crippen LogP contribution in [0, 0.1) is 23.7 Å². The van der Waals surface area contributed by atoms with Crippen LogP contribution in [0.4, 0.5) is 5.69 Å². The van der Waals surface area contributed by atoms with E-state index in [1.54, 1.807) is 0 Å². The van der Waals surface area contributed by atoms with Gasteiger partial charge in [-0.25, -0.2) is 0 Å². The highest BCUT2D eigenvalue weighted by Gasteiger charge is 2.39. The number of nitriles is 1. The molecule has 1 aromatic carbocycles. The fourth-order valence-corrected chi connectivity index (χ4v) is 2.52. The van der Waals surface area contributed by atoms with E-state index in [2.05, 4.69) is 11.0 Å². The van der Waals surface area contributed by atoms with Gasteiger partial charge in [-0.1, -0.05) is 12.1 Å². The molecule has 1 fully saturated rings. The molecule has 0 bridgehead atoms. The van der Waals surface area contributed by atoms with E-state index in [0.717, 1.165) is 24.2 Å². The summed E-state index contributed by atoms with van der Waals surface area (Å²) in [5.74, 6) is -0.267. The molecule has 18 heavy (non-hydrogen) atoms. The largest absolute Gasteiger partial charge is 0.369 e. The molecule has 0 aromatic heterocycles. The first-order valence-electron chi connectivity index (χ1n) is 6.02. The number of nitrogens with zero attached hydrogens (tertiary/aromatic N) is 2. The van der Waals surface area contributed by atoms with Gasteiger partial charge < -0.3 is 10.6 Å². The molecule has 2 rings (SSSR count). The monoisotopic (exact) mass is 243 g/mol. The van der Waals surface area contributed by atoms with Gasteiger partial charge >= 0.3 is 0 Å². The molecule has 1 aromatic rings. The number of hydrogen-bond donors (Lipinski definition) is 1. The Kier molecular flexibility index (Phi) is 3.00. The smallest absolute Gasteiger partial charge is 0.225 e. The number of nitrogens with two attached hydrogens (primary N) is 1. The van der Waals surface area contributed by atoms with Gasteiger partial charge in [0.15, 0.2) is 0 Å². The third kappa shape index (κ3) is 1.92. The molecular formula is C14H17N3O.